The zero-order valence-electron chi connectivity index (χ0n) is 16.4. The minimum atomic E-state index is -0.528. The molecule has 3 N–H and O–H groups in total. The SMILES string of the molecule is Cc1cccc(N2CCN(CCCNC(=O)c3cccc(C(N)=O)c3)CC2)c1. The summed E-state index contributed by atoms with van der Waals surface area (Å²) in [7, 11) is 0. The predicted molar refractivity (Wildman–Crippen MR) is 112 cm³/mol. The summed E-state index contributed by atoms with van der Waals surface area (Å²) in [5.74, 6) is -0.702. The molecule has 2 amide bonds. The van der Waals surface area contributed by atoms with Crippen molar-refractivity contribution in [3.63, 3.8) is 0 Å². The summed E-state index contributed by atoms with van der Waals surface area (Å²) < 4.78 is 0. The van der Waals surface area contributed by atoms with E-state index in [1.807, 2.05) is 0 Å². The first-order valence-electron chi connectivity index (χ1n) is 9.75. The third kappa shape index (κ3) is 5.33. The molecule has 1 saturated heterocycles. The van der Waals surface area contributed by atoms with Gasteiger partial charge < -0.3 is 16.0 Å². The standard InChI is InChI=1S/C22H28N4O2/c1-17-5-2-8-20(15-17)26-13-11-25(12-14-26)10-4-9-24-22(28)19-7-3-6-18(16-19)21(23)27/h2-3,5-8,15-16H,4,9-14H2,1H3,(H2,23,27)(H,24,28). The highest BCUT2D eigenvalue weighted by atomic mass is 16.2. The van der Waals surface area contributed by atoms with Gasteiger partial charge >= 0.3 is 0 Å². The van der Waals surface area contributed by atoms with E-state index in [0.717, 1.165) is 39.1 Å². The predicted octanol–water partition coefficient (Wildman–Crippen LogP) is 2.04. The number of primary amides is 1. The van der Waals surface area contributed by atoms with Crippen molar-refractivity contribution in [3.8, 4) is 0 Å². The smallest absolute Gasteiger partial charge is 0.251 e. The maximum Gasteiger partial charge on any atom is 0.251 e. The number of piperazine rings is 1. The van der Waals surface area contributed by atoms with E-state index in [1.54, 1.807) is 18.2 Å². The monoisotopic (exact) mass is 380 g/mol. The number of carbonyl (C=O) groups excluding carboxylic acids is 2. The molecule has 0 bridgehead atoms. The van der Waals surface area contributed by atoms with Crippen molar-refractivity contribution in [2.75, 3.05) is 44.2 Å². The number of aryl methyl sites for hydroxylation is 1. The second-order valence-corrected chi connectivity index (χ2v) is 7.22. The minimum absolute atomic E-state index is 0.174. The van der Waals surface area contributed by atoms with Crippen LogP contribution in [0, 0.1) is 6.92 Å². The molecule has 28 heavy (non-hydrogen) atoms. The van der Waals surface area contributed by atoms with Crippen LogP contribution < -0.4 is 16.0 Å². The molecule has 0 unspecified atom stereocenters. The third-order valence-electron chi connectivity index (χ3n) is 5.09. The Morgan fingerprint density at radius 1 is 1.00 bits per heavy atom. The number of hydrogen-bond donors (Lipinski definition) is 2. The Kier molecular flexibility index (Phi) is 6.66. The Hall–Kier alpha value is -2.86. The lowest BCUT2D eigenvalue weighted by molar-refractivity contribution is 0.0951. The third-order valence-corrected chi connectivity index (χ3v) is 5.09. The molecule has 0 radical (unpaired) electrons. The van der Waals surface area contributed by atoms with Crippen LogP contribution in [0.4, 0.5) is 5.69 Å². The summed E-state index contributed by atoms with van der Waals surface area (Å²) >= 11 is 0. The molecule has 1 fully saturated rings. The van der Waals surface area contributed by atoms with Gasteiger partial charge in [0, 0.05) is 49.5 Å². The summed E-state index contributed by atoms with van der Waals surface area (Å²) in [6, 6.07) is 15.1. The molecule has 1 aliphatic rings. The molecule has 0 saturated carbocycles. The molecule has 2 aromatic carbocycles. The van der Waals surface area contributed by atoms with Gasteiger partial charge in [-0.3, -0.25) is 14.5 Å². The van der Waals surface area contributed by atoms with Gasteiger partial charge in [0.15, 0.2) is 0 Å². The molecule has 6 nitrogen and oxygen atoms in total. The Morgan fingerprint density at radius 2 is 1.71 bits per heavy atom. The summed E-state index contributed by atoms with van der Waals surface area (Å²) in [5.41, 5.74) is 8.65. The summed E-state index contributed by atoms with van der Waals surface area (Å²) in [5, 5.41) is 2.92. The van der Waals surface area contributed by atoms with Gasteiger partial charge in [-0.15, -0.1) is 0 Å². The summed E-state index contributed by atoms with van der Waals surface area (Å²) in [4.78, 5) is 28.3. The van der Waals surface area contributed by atoms with Crippen molar-refractivity contribution in [2.45, 2.75) is 13.3 Å². The van der Waals surface area contributed by atoms with Gasteiger partial charge in [0.05, 0.1) is 0 Å². The Morgan fingerprint density at radius 3 is 2.43 bits per heavy atom. The molecule has 0 aliphatic carbocycles. The fourth-order valence-electron chi connectivity index (χ4n) is 3.47. The number of hydrogen-bond acceptors (Lipinski definition) is 4. The van der Waals surface area contributed by atoms with Crippen molar-refractivity contribution in [2.24, 2.45) is 5.73 Å². The van der Waals surface area contributed by atoms with E-state index in [0.29, 0.717) is 17.7 Å². The highest BCUT2D eigenvalue weighted by Gasteiger charge is 2.17. The van der Waals surface area contributed by atoms with Crippen molar-refractivity contribution >= 4 is 17.5 Å². The fourth-order valence-corrected chi connectivity index (χ4v) is 3.47. The molecular weight excluding hydrogens is 352 g/mol. The number of rotatable bonds is 7. The van der Waals surface area contributed by atoms with Crippen LogP contribution in [0.2, 0.25) is 0 Å². The molecule has 1 aliphatic heterocycles. The van der Waals surface area contributed by atoms with Crippen LogP contribution in [0.25, 0.3) is 0 Å². The number of carbonyl (C=O) groups is 2. The Balaban J connectivity index is 1.38. The quantitative estimate of drug-likeness (QED) is 0.721. The van der Waals surface area contributed by atoms with Crippen LogP contribution in [0.3, 0.4) is 0 Å². The number of amides is 2. The van der Waals surface area contributed by atoms with E-state index in [9.17, 15) is 9.59 Å². The summed E-state index contributed by atoms with van der Waals surface area (Å²) in [6.07, 6.45) is 0.895. The molecular formula is C22H28N4O2. The maximum absolute atomic E-state index is 12.2. The Labute approximate surface area is 166 Å². The lowest BCUT2D eigenvalue weighted by atomic mass is 10.1. The summed E-state index contributed by atoms with van der Waals surface area (Å²) in [6.45, 7) is 7.80. The van der Waals surface area contributed by atoms with Gasteiger partial charge in [0.25, 0.3) is 5.91 Å². The van der Waals surface area contributed by atoms with Gasteiger partial charge in [-0.2, -0.15) is 0 Å². The molecule has 148 valence electrons. The lowest BCUT2D eigenvalue weighted by Crippen LogP contribution is -2.47. The van der Waals surface area contributed by atoms with Crippen LogP contribution in [0.1, 0.15) is 32.7 Å². The van der Waals surface area contributed by atoms with E-state index < -0.39 is 5.91 Å². The van der Waals surface area contributed by atoms with E-state index in [1.165, 1.54) is 17.3 Å². The lowest BCUT2D eigenvalue weighted by Gasteiger charge is -2.36. The van der Waals surface area contributed by atoms with Gasteiger partial charge in [-0.1, -0.05) is 18.2 Å². The average Bonchev–Trinajstić information content (AvgIpc) is 2.71. The number of benzene rings is 2. The van der Waals surface area contributed by atoms with Crippen molar-refractivity contribution in [1.29, 1.82) is 0 Å². The number of nitrogens with zero attached hydrogens (tertiary/aromatic N) is 2. The number of anilines is 1. The van der Waals surface area contributed by atoms with Crippen LogP contribution in [0.5, 0.6) is 0 Å². The first-order valence-corrected chi connectivity index (χ1v) is 9.75. The largest absolute Gasteiger partial charge is 0.369 e. The average molecular weight is 380 g/mol. The fraction of sp³-hybridized carbons (Fsp3) is 0.364. The van der Waals surface area contributed by atoms with E-state index in [4.69, 9.17) is 5.73 Å². The van der Waals surface area contributed by atoms with Crippen LogP contribution >= 0.6 is 0 Å². The Bertz CT molecular complexity index is 829. The molecule has 3 rings (SSSR count). The highest BCUT2D eigenvalue weighted by molar-refractivity contribution is 5.99. The molecule has 1 heterocycles. The van der Waals surface area contributed by atoms with Gasteiger partial charge in [-0.25, -0.2) is 0 Å². The van der Waals surface area contributed by atoms with E-state index in [-0.39, 0.29) is 5.91 Å². The first kappa shape index (κ1) is 19.9. The van der Waals surface area contributed by atoms with Gasteiger partial charge in [0.2, 0.25) is 5.91 Å². The molecule has 0 aromatic heterocycles. The number of nitrogens with one attached hydrogen (secondary N) is 1. The normalized spacial score (nSPS) is 14.7. The second-order valence-electron chi connectivity index (χ2n) is 7.22. The van der Waals surface area contributed by atoms with Crippen LogP contribution in [0.15, 0.2) is 48.5 Å². The highest BCUT2D eigenvalue weighted by Crippen LogP contribution is 2.17. The zero-order chi connectivity index (χ0) is 19.9. The van der Waals surface area contributed by atoms with Gasteiger partial charge in [-0.05, 0) is 55.8 Å². The van der Waals surface area contributed by atoms with Crippen LogP contribution in [-0.4, -0.2) is 56.0 Å². The van der Waals surface area contributed by atoms with E-state index in [2.05, 4.69) is 46.3 Å². The zero-order valence-corrected chi connectivity index (χ0v) is 16.4. The maximum atomic E-state index is 12.2. The van der Waals surface area contributed by atoms with E-state index >= 15 is 0 Å². The molecule has 0 spiro atoms. The van der Waals surface area contributed by atoms with Crippen LogP contribution in [-0.2, 0) is 0 Å². The van der Waals surface area contributed by atoms with Gasteiger partial charge in [0.1, 0.15) is 0 Å². The number of nitrogens with two attached hydrogens (primary N) is 1. The van der Waals surface area contributed by atoms with Crippen molar-refractivity contribution in [3.05, 3.63) is 65.2 Å². The minimum Gasteiger partial charge on any atom is -0.369 e. The molecule has 0 atom stereocenters. The topological polar surface area (TPSA) is 78.7 Å². The van der Waals surface area contributed by atoms with Crippen molar-refractivity contribution < 1.29 is 9.59 Å². The van der Waals surface area contributed by atoms with Crippen molar-refractivity contribution in [1.82, 2.24) is 10.2 Å². The first-order chi connectivity index (χ1) is 13.5. The molecule has 2 aromatic rings. The molecule has 6 heteroatoms. The second kappa shape index (κ2) is 9.37.